The molecule has 0 aliphatic carbocycles. The molecule has 4 nitrogen and oxygen atoms in total. The summed E-state index contributed by atoms with van der Waals surface area (Å²) >= 11 is 0. The zero-order chi connectivity index (χ0) is 16.8. The van der Waals surface area contributed by atoms with Crippen LogP contribution in [0.2, 0.25) is 0 Å². The van der Waals surface area contributed by atoms with Crippen molar-refractivity contribution in [2.45, 2.75) is 97.4 Å². The molecule has 2 atom stereocenters. The number of unbranched alkanes of at least 4 members (excludes halogenated alkanes) is 8. The number of aliphatic carboxylic acids is 1. The standard InChI is InChI=1S/C18H35NO3.Na.H/c1-4-6-7-8-9-10-11-12-13-14-16(20)19-17(18(21)22)15(3)5-2;;/h15,17H,4-14H2,1-3H3,(H,19,20)(H,21,22);;/q;+1;-1/t15?,17-;;/m0../s1. The van der Waals surface area contributed by atoms with E-state index in [1.165, 1.54) is 44.9 Å². The number of rotatable bonds is 14. The molecule has 0 rings (SSSR count). The first-order chi connectivity index (χ1) is 10.5. The molecule has 2 N–H and O–H groups in total. The summed E-state index contributed by atoms with van der Waals surface area (Å²) in [6.45, 7) is 6.02. The number of amides is 1. The number of carboxylic acid groups (broad SMARTS) is 1. The minimum absolute atomic E-state index is 0. The summed E-state index contributed by atoms with van der Waals surface area (Å²) in [6, 6.07) is -0.754. The van der Waals surface area contributed by atoms with E-state index in [1.807, 2.05) is 13.8 Å². The Labute approximate surface area is 166 Å². The summed E-state index contributed by atoms with van der Waals surface area (Å²) in [7, 11) is 0. The molecule has 0 saturated heterocycles. The second kappa shape index (κ2) is 16.8. The Morgan fingerprint density at radius 2 is 1.43 bits per heavy atom. The smallest absolute Gasteiger partial charge is 1.00 e. The molecular formula is C18H36NNaO3. The molecular weight excluding hydrogens is 301 g/mol. The fourth-order valence-electron chi connectivity index (χ4n) is 2.52. The van der Waals surface area contributed by atoms with E-state index in [-0.39, 0.29) is 42.8 Å². The molecule has 0 aliphatic rings. The number of hydrogen-bond donors (Lipinski definition) is 2. The van der Waals surface area contributed by atoms with Crippen molar-refractivity contribution in [3.63, 3.8) is 0 Å². The molecule has 1 unspecified atom stereocenters. The van der Waals surface area contributed by atoms with Gasteiger partial charge in [-0.1, -0.05) is 78.6 Å². The van der Waals surface area contributed by atoms with Crippen molar-refractivity contribution >= 4 is 11.9 Å². The second-order valence-electron chi connectivity index (χ2n) is 6.35. The van der Waals surface area contributed by atoms with Crippen LogP contribution in [0.4, 0.5) is 0 Å². The summed E-state index contributed by atoms with van der Waals surface area (Å²) in [5, 5.41) is 11.8. The van der Waals surface area contributed by atoms with E-state index in [4.69, 9.17) is 5.11 Å². The number of carboxylic acids is 1. The molecule has 0 aromatic heterocycles. The fraction of sp³-hybridized carbons (Fsp3) is 0.889. The van der Waals surface area contributed by atoms with E-state index in [0.29, 0.717) is 6.42 Å². The maximum atomic E-state index is 11.8. The van der Waals surface area contributed by atoms with Crippen LogP contribution in [-0.4, -0.2) is 23.0 Å². The van der Waals surface area contributed by atoms with Crippen molar-refractivity contribution in [2.24, 2.45) is 5.92 Å². The van der Waals surface area contributed by atoms with Crippen molar-refractivity contribution < 1.29 is 45.7 Å². The molecule has 0 fully saturated rings. The van der Waals surface area contributed by atoms with E-state index >= 15 is 0 Å². The van der Waals surface area contributed by atoms with Crippen LogP contribution in [0.1, 0.15) is 92.8 Å². The summed E-state index contributed by atoms with van der Waals surface area (Å²) in [6.07, 6.45) is 12.1. The second-order valence-corrected chi connectivity index (χ2v) is 6.35. The van der Waals surface area contributed by atoms with Crippen LogP contribution >= 0.6 is 0 Å². The summed E-state index contributed by atoms with van der Waals surface area (Å²) < 4.78 is 0. The van der Waals surface area contributed by atoms with E-state index in [9.17, 15) is 9.59 Å². The summed E-state index contributed by atoms with van der Waals surface area (Å²) in [5.74, 6) is -1.10. The number of hydrogen-bond acceptors (Lipinski definition) is 2. The molecule has 1 amide bonds. The minimum atomic E-state index is -0.935. The van der Waals surface area contributed by atoms with Gasteiger partial charge in [-0.15, -0.1) is 0 Å². The van der Waals surface area contributed by atoms with Crippen LogP contribution in [0.5, 0.6) is 0 Å². The van der Waals surface area contributed by atoms with E-state index < -0.39 is 12.0 Å². The van der Waals surface area contributed by atoms with Crippen LogP contribution in [0.3, 0.4) is 0 Å². The first kappa shape index (κ1) is 25.2. The minimum Gasteiger partial charge on any atom is -1.00 e. The number of carbonyl (C=O) groups excluding carboxylic acids is 1. The molecule has 0 spiro atoms. The molecule has 5 heteroatoms. The average molecular weight is 337 g/mol. The molecule has 0 aliphatic heterocycles. The van der Waals surface area contributed by atoms with Gasteiger partial charge in [-0.25, -0.2) is 4.79 Å². The van der Waals surface area contributed by atoms with Gasteiger partial charge >= 0.3 is 35.5 Å². The van der Waals surface area contributed by atoms with Gasteiger partial charge in [-0.05, 0) is 12.3 Å². The molecule has 0 bridgehead atoms. The quantitative estimate of drug-likeness (QED) is 0.374. The average Bonchev–Trinajstić information content (AvgIpc) is 2.50. The maximum Gasteiger partial charge on any atom is 1.00 e. The Morgan fingerprint density at radius 1 is 0.957 bits per heavy atom. The third-order valence-electron chi connectivity index (χ3n) is 4.30. The SMILES string of the molecule is CCCCCCCCCCCC(=O)N[C@H](C(=O)O)C(C)CC.[H-].[Na+]. The van der Waals surface area contributed by atoms with Crippen molar-refractivity contribution in [2.75, 3.05) is 0 Å². The van der Waals surface area contributed by atoms with Gasteiger partial charge in [0.25, 0.3) is 0 Å². The molecule has 0 heterocycles. The van der Waals surface area contributed by atoms with Crippen LogP contribution in [0.25, 0.3) is 0 Å². The van der Waals surface area contributed by atoms with Crippen molar-refractivity contribution in [3.05, 3.63) is 0 Å². The summed E-state index contributed by atoms with van der Waals surface area (Å²) in [5.41, 5.74) is 0. The topological polar surface area (TPSA) is 66.4 Å². The van der Waals surface area contributed by atoms with Gasteiger partial charge in [-0.3, -0.25) is 4.79 Å². The zero-order valence-corrected chi connectivity index (χ0v) is 17.7. The molecule has 0 radical (unpaired) electrons. The normalized spacial score (nSPS) is 13.0. The molecule has 23 heavy (non-hydrogen) atoms. The first-order valence-electron chi connectivity index (χ1n) is 9.05. The Morgan fingerprint density at radius 3 is 1.87 bits per heavy atom. The molecule has 0 aromatic rings. The van der Waals surface area contributed by atoms with Crippen LogP contribution in [-0.2, 0) is 9.59 Å². The van der Waals surface area contributed by atoms with E-state index in [1.54, 1.807) is 0 Å². The Hall–Kier alpha value is -0.0600. The van der Waals surface area contributed by atoms with Gasteiger partial charge in [0.1, 0.15) is 6.04 Å². The molecule has 132 valence electrons. The summed E-state index contributed by atoms with van der Waals surface area (Å²) in [4.78, 5) is 23.0. The first-order valence-corrected chi connectivity index (χ1v) is 9.05. The number of carbonyl (C=O) groups is 2. The maximum absolute atomic E-state index is 11.8. The van der Waals surface area contributed by atoms with Gasteiger partial charge in [0, 0.05) is 6.42 Å². The van der Waals surface area contributed by atoms with E-state index in [2.05, 4.69) is 12.2 Å². The van der Waals surface area contributed by atoms with Crippen LogP contribution in [0, 0.1) is 5.92 Å². The molecule has 0 saturated carbocycles. The fourth-order valence-corrected chi connectivity index (χ4v) is 2.52. The van der Waals surface area contributed by atoms with Crippen LogP contribution < -0.4 is 34.9 Å². The third-order valence-corrected chi connectivity index (χ3v) is 4.30. The monoisotopic (exact) mass is 337 g/mol. The van der Waals surface area contributed by atoms with Gasteiger partial charge in [0.05, 0.1) is 0 Å². The van der Waals surface area contributed by atoms with Gasteiger partial charge in [0.2, 0.25) is 5.91 Å². The van der Waals surface area contributed by atoms with Gasteiger partial charge in [0.15, 0.2) is 0 Å². The third kappa shape index (κ3) is 14.0. The zero-order valence-electron chi connectivity index (χ0n) is 16.7. The van der Waals surface area contributed by atoms with Gasteiger partial charge in [-0.2, -0.15) is 0 Å². The van der Waals surface area contributed by atoms with Crippen LogP contribution in [0.15, 0.2) is 0 Å². The Kier molecular flexibility index (Phi) is 18.4. The predicted octanol–water partition coefficient (Wildman–Crippen LogP) is 1.64. The van der Waals surface area contributed by atoms with Gasteiger partial charge < -0.3 is 11.8 Å². The Balaban J connectivity index is -0.00000220. The van der Waals surface area contributed by atoms with Crippen molar-refractivity contribution in [1.29, 1.82) is 0 Å². The van der Waals surface area contributed by atoms with E-state index in [0.717, 1.165) is 19.3 Å². The predicted molar refractivity (Wildman–Crippen MR) is 92.0 cm³/mol. The molecule has 0 aromatic carbocycles. The largest absolute Gasteiger partial charge is 1.00 e. The van der Waals surface area contributed by atoms with Crippen molar-refractivity contribution in [3.8, 4) is 0 Å². The van der Waals surface area contributed by atoms with Crippen molar-refractivity contribution in [1.82, 2.24) is 5.32 Å². The number of nitrogens with one attached hydrogen (secondary N) is 1. The Bertz CT molecular complexity index is 317.